The number of nitrogens with zero attached hydrogens (tertiary/aromatic N) is 3. The summed E-state index contributed by atoms with van der Waals surface area (Å²) in [6, 6.07) is 14.9. The number of fused-ring (bicyclic) bond motifs is 1. The Kier molecular flexibility index (Phi) is 6.58. The van der Waals surface area contributed by atoms with Gasteiger partial charge in [-0.05, 0) is 54.7 Å². The molecule has 4 aromatic rings. The Morgan fingerprint density at radius 1 is 1.00 bits per heavy atom. The summed E-state index contributed by atoms with van der Waals surface area (Å²) in [5, 5.41) is 8.50. The number of thiophene rings is 1. The molecular formula is C27H28N6O2S. The molecule has 36 heavy (non-hydrogen) atoms. The molecule has 1 aliphatic rings. The Labute approximate surface area is 213 Å². The predicted octanol–water partition coefficient (Wildman–Crippen LogP) is 4.89. The number of carbonyl (C=O) groups excluding carboxylic acids is 2. The number of nitrogens with one attached hydrogen (secondary N) is 2. The molecule has 3 amide bonds. The standard InChI is InChI=1S/C27H28N6O2S/c1-17-4-3-5-20(14-17)31-27(35)30-19-8-6-18(7-9-19)22-16-36-24-21(15-29-25(28)23(22)24)26(34)33-12-10-32(2)11-13-33/h3-9,14-16H,10-13H2,1-2H3,(H2,28,29)(H2,30,31,35). The largest absolute Gasteiger partial charge is 0.383 e. The number of pyridine rings is 1. The van der Waals surface area contributed by atoms with Crippen molar-refractivity contribution >= 4 is 50.6 Å². The molecule has 0 atom stereocenters. The number of carbonyl (C=O) groups is 2. The van der Waals surface area contributed by atoms with Gasteiger partial charge < -0.3 is 26.2 Å². The summed E-state index contributed by atoms with van der Waals surface area (Å²) in [5.74, 6) is 0.393. The van der Waals surface area contributed by atoms with E-state index in [9.17, 15) is 9.59 Å². The van der Waals surface area contributed by atoms with E-state index in [1.165, 1.54) is 11.3 Å². The topological polar surface area (TPSA) is 104 Å². The smallest absolute Gasteiger partial charge is 0.323 e. The van der Waals surface area contributed by atoms with Crippen LogP contribution in [-0.4, -0.2) is 59.9 Å². The first-order valence-corrected chi connectivity index (χ1v) is 12.7. The maximum absolute atomic E-state index is 13.3. The molecule has 0 spiro atoms. The monoisotopic (exact) mass is 500 g/mol. The van der Waals surface area contributed by atoms with Gasteiger partial charge in [-0.25, -0.2) is 9.78 Å². The number of likely N-dealkylation sites (N-methyl/N-ethyl adjacent to an activating group) is 1. The van der Waals surface area contributed by atoms with Gasteiger partial charge in [0.05, 0.1) is 10.3 Å². The minimum absolute atomic E-state index is 0.00632. The molecule has 184 valence electrons. The fourth-order valence-electron chi connectivity index (χ4n) is 4.36. The Morgan fingerprint density at radius 3 is 2.44 bits per heavy atom. The van der Waals surface area contributed by atoms with Crippen LogP contribution in [0.1, 0.15) is 15.9 Å². The van der Waals surface area contributed by atoms with Gasteiger partial charge in [-0.15, -0.1) is 11.3 Å². The molecule has 1 fully saturated rings. The highest BCUT2D eigenvalue weighted by Gasteiger charge is 2.24. The number of aromatic nitrogens is 1. The summed E-state index contributed by atoms with van der Waals surface area (Å²) in [7, 11) is 2.06. The van der Waals surface area contributed by atoms with Gasteiger partial charge in [0.25, 0.3) is 5.91 Å². The number of anilines is 3. The van der Waals surface area contributed by atoms with Crippen LogP contribution in [0.2, 0.25) is 0 Å². The number of urea groups is 1. The van der Waals surface area contributed by atoms with Crippen LogP contribution in [0.5, 0.6) is 0 Å². The van der Waals surface area contributed by atoms with E-state index in [0.717, 1.165) is 45.6 Å². The van der Waals surface area contributed by atoms with Crippen molar-refractivity contribution in [3.63, 3.8) is 0 Å². The molecule has 5 rings (SSSR count). The molecule has 0 bridgehead atoms. The number of hydrogen-bond donors (Lipinski definition) is 3. The van der Waals surface area contributed by atoms with Crippen LogP contribution in [0.25, 0.3) is 21.2 Å². The highest BCUT2D eigenvalue weighted by Crippen LogP contribution is 2.39. The van der Waals surface area contributed by atoms with Crippen molar-refractivity contribution in [1.29, 1.82) is 0 Å². The van der Waals surface area contributed by atoms with Gasteiger partial charge in [0.2, 0.25) is 0 Å². The van der Waals surface area contributed by atoms with Crippen LogP contribution in [0.15, 0.2) is 60.1 Å². The number of nitrogen functional groups attached to an aromatic ring is 1. The third-order valence-electron chi connectivity index (χ3n) is 6.38. The lowest BCUT2D eigenvalue weighted by Gasteiger charge is -2.32. The van der Waals surface area contributed by atoms with Crippen molar-refractivity contribution in [2.75, 3.05) is 49.6 Å². The average molecular weight is 501 g/mol. The summed E-state index contributed by atoms with van der Waals surface area (Å²) in [6.45, 7) is 5.09. The Bertz CT molecular complexity index is 1420. The molecule has 1 saturated heterocycles. The average Bonchev–Trinajstić information content (AvgIpc) is 3.31. The van der Waals surface area contributed by atoms with Gasteiger partial charge in [-0.1, -0.05) is 24.3 Å². The summed E-state index contributed by atoms with van der Waals surface area (Å²) in [6.07, 6.45) is 1.60. The SMILES string of the molecule is Cc1cccc(NC(=O)Nc2ccc(-c3csc4c(C(=O)N5CCN(C)CC5)cnc(N)c34)cc2)c1. The van der Waals surface area contributed by atoms with E-state index in [0.29, 0.717) is 30.2 Å². The molecule has 9 heteroatoms. The molecule has 3 heterocycles. The minimum Gasteiger partial charge on any atom is -0.383 e. The maximum Gasteiger partial charge on any atom is 0.323 e. The van der Waals surface area contributed by atoms with Gasteiger partial charge in [0.1, 0.15) is 5.82 Å². The fraction of sp³-hybridized carbons (Fsp3) is 0.222. The second kappa shape index (κ2) is 9.96. The lowest BCUT2D eigenvalue weighted by atomic mass is 10.0. The van der Waals surface area contributed by atoms with Gasteiger partial charge in [-0.3, -0.25) is 4.79 Å². The van der Waals surface area contributed by atoms with E-state index in [1.54, 1.807) is 6.20 Å². The number of nitrogens with two attached hydrogens (primary N) is 1. The van der Waals surface area contributed by atoms with Crippen molar-refractivity contribution in [3.8, 4) is 11.1 Å². The second-order valence-electron chi connectivity index (χ2n) is 9.03. The Morgan fingerprint density at radius 2 is 1.72 bits per heavy atom. The Hall–Kier alpha value is -3.95. The van der Waals surface area contributed by atoms with E-state index in [-0.39, 0.29) is 11.9 Å². The molecule has 2 aromatic carbocycles. The molecular weight excluding hydrogens is 472 g/mol. The molecule has 0 aliphatic carbocycles. The first-order chi connectivity index (χ1) is 17.4. The highest BCUT2D eigenvalue weighted by atomic mass is 32.1. The summed E-state index contributed by atoms with van der Waals surface area (Å²) < 4.78 is 0.848. The van der Waals surface area contributed by atoms with Gasteiger partial charge in [0, 0.05) is 54.7 Å². The van der Waals surface area contributed by atoms with E-state index in [1.807, 2.05) is 65.7 Å². The number of rotatable bonds is 4. The van der Waals surface area contributed by atoms with E-state index < -0.39 is 0 Å². The van der Waals surface area contributed by atoms with Crippen molar-refractivity contribution in [2.45, 2.75) is 6.92 Å². The molecule has 0 saturated carbocycles. The lowest BCUT2D eigenvalue weighted by Crippen LogP contribution is -2.47. The number of piperazine rings is 1. The van der Waals surface area contributed by atoms with Crippen molar-refractivity contribution in [2.24, 2.45) is 0 Å². The molecule has 4 N–H and O–H groups in total. The molecule has 2 aromatic heterocycles. The quantitative estimate of drug-likeness (QED) is 0.370. The van der Waals surface area contributed by atoms with Crippen LogP contribution < -0.4 is 16.4 Å². The molecule has 1 aliphatic heterocycles. The highest BCUT2D eigenvalue weighted by molar-refractivity contribution is 7.18. The number of hydrogen-bond acceptors (Lipinski definition) is 6. The normalized spacial score (nSPS) is 14.1. The summed E-state index contributed by atoms with van der Waals surface area (Å²) in [4.78, 5) is 34.1. The van der Waals surface area contributed by atoms with Crippen molar-refractivity contribution in [1.82, 2.24) is 14.8 Å². The van der Waals surface area contributed by atoms with E-state index in [2.05, 4.69) is 27.6 Å². The Balaban J connectivity index is 1.36. The van der Waals surface area contributed by atoms with Gasteiger partial charge in [0.15, 0.2) is 0 Å². The summed E-state index contributed by atoms with van der Waals surface area (Å²) in [5.41, 5.74) is 11.2. The third-order valence-corrected chi connectivity index (χ3v) is 7.39. The number of amides is 3. The lowest BCUT2D eigenvalue weighted by molar-refractivity contribution is 0.0666. The number of benzene rings is 2. The van der Waals surface area contributed by atoms with Crippen LogP contribution in [0.3, 0.4) is 0 Å². The first-order valence-electron chi connectivity index (χ1n) is 11.8. The molecule has 8 nitrogen and oxygen atoms in total. The second-order valence-corrected chi connectivity index (χ2v) is 9.91. The van der Waals surface area contributed by atoms with Crippen LogP contribution in [0.4, 0.5) is 22.0 Å². The first kappa shape index (κ1) is 23.8. The summed E-state index contributed by atoms with van der Waals surface area (Å²) >= 11 is 1.50. The van der Waals surface area contributed by atoms with Crippen molar-refractivity contribution < 1.29 is 9.59 Å². The molecule has 0 unspecified atom stereocenters. The van der Waals surface area contributed by atoms with Gasteiger partial charge >= 0.3 is 6.03 Å². The maximum atomic E-state index is 13.3. The zero-order valence-electron chi connectivity index (χ0n) is 20.2. The zero-order chi connectivity index (χ0) is 25.2. The van der Waals surface area contributed by atoms with Crippen LogP contribution in [-0.2, 0) is 0 Å². The predicted molar refractivity (Wildman–Crippen MR) is 147 cm³/mol. The molecule has 0 radical (unpaired) electrons. The minimum atomic E-state index is -0.310. The number of aryl methyl sites for hydroxylation is 1. The van der Waals surface area contributed by atoms with Crippen LogP contribution >= 0.6 is 11.3 Å². The third kappa shape index (κ3) is 4.89. The van der Waals surface area contributed by atoms with Crippen molar-refractivity contribution in [3.05, 3.63) is 71.2 Å². The van der Waals surface area contributed by atoms with Crippen LogP contribution in [0, 0.1) is 6.92 Å². The fourth-order valence-corrected chi connectivity index (χ4v) is 5.45. The zero-order valence-corrected chi connectivity index (χ0v) is 21.1. The van der Waals surface area contributed by atoms with Gasteiger partial charge in [-0.2, -0.15) is 0 Å². The van der Waals surface area contributed by atoms with E-state index >= 15 is 0 Å². The van der Waals surface area contributed by atoms with E-state index in [4.69, 9.17) is 5.73 Å².